The molecule has 0 bridgehead atoms. The van der Waals surface area contributed by atoms with Crippen LogP contribution >= 0.6 is 0 Å². The Morgan fingerprint density at radius 2 is 0.644 bits per heavy atom. The molecule has 0 radical (unpaired) electrons. The Hall–Kier alpha value is -7.74. The van der Waals surface area contributed by atoms with Gasteiger partial charge in [-0.25, -0.2) is 0 Å². The number of hydrogen-bond donors (Lipinski definition) is 0. The summed E-state index contributed by atoms with van der Waals surface area (Å²) in [6.07, 6.45) is 0. The molecule has 0 saturated carbocycles. The number of benzene rings is 10. The third kappa shape index (κ3) is 7.34. The summed E-state index contributed by atoms with van der Waals surface area (Å²) in [6.45, 7) is 0. The Bertz CT molecular complexity index is 3000. The second-order valence-corrected chi connectivity index (χ2v) is 14.9. The smallest absolute Gasteiger partial charge is 0.0540 e. The summed E-state index contributed by atoms with van der Waals surface area (Å²) in [4.78, 5) is 2.40. The van der Waals surface area contributed by atoms with Crippen LogP contribution < -0.4 is 4.90 Å². The summed E-state index contributed by atoms with van der Waals surface area (Å²) in [5.74, 6) is 0. The van der Waals surface area contributed by atoms with Gasteiger partial charge in [-0.05, 0) is 108 Å². The predicted octanol–water partition coefficient (Wildman–Crippen LogP) is 16.3. The van der Waals surface area contributed by atoms with Crippen LogP contribution in [0.2, 0.25) is 0 Å². The third-order valence-electron chi connectivity index (χ3n) is 11.3. The van der Waals surface area contributed by atoms with Gasteiger partial charge in [0.2, 0.25) is 0 Å². The van der Waals surface area contributed by atoms with Crippen LogP contribution in [0.25, 0.3) is 77.5 Å². The highest BCUT2D eigenvalue weighted by atomic mass is 15.1. The van der Waals surface area contributed by atoms with Gasteiger partial charge in [0.05, 0.1) is 5.69 Å². The van der Waals surface area contributed by atoms with Gasteiger partial charge in [0, 0.05) is 16.9 Å². The Balaban J connectivity index is 1.05. The average Bonchev–Trinajstić information content (AvgIpc) is 3.33. The molecule has 1 nitrogen and oxygen atoms in total. The molecule has 0 spiro atoms. The van der Waals surface area contributed by atoms with Crippen LogP contribution in [0, 0.1) is 0 Å². The third-order valence-corrected chi connectivity index (χ3v) is 11.3. The molecule has 0 aromatic heterocycles. The van der Waals surface area contributed by atoms with E-state index in [1.165, 1.54) is 66.4 Å². The lowest BCUT2D eigenvalue weighted by Crippen LogP contribution is -2.11. The van der Waals surface area contributed by atoms with E-state index < -0.39 is 0 Å². The van der Waals surface area contributed by atoms with Crippen molar-refractivity contribution in [3.8, 4) is 66.8 Å². The first kappa shape index (κ1) is 35.7. The van der Waals surface area contributed by atoms with Gasteiger partial charge in [-0.2, -0.15) is 0 Å². The summed E-state index contributed by atoms with van der Waals surface area (Å²) >= 11 is 0. The van der Waals surface area contributed by atoms with Gasteiger partial charge in [0.15, 0.2) is 0 Å². The van der Waals surface area contributed by atoms with Crippen molar-refractivity contribution < 1.29 is 0 Å². The van der Waals surface area contributed by atoms with E-state index >= 15 is 0 Å². The fraction of sp³-hybridized carbons (Fsp3) is 0. The van der Waals surface area contributed by atoms with Crippen molar-refractivity contribution in [1.82, 2.24) is 0 Å². The Labute approximate surface area is 346 Å². The largest absolute Gasteiger partial charge is 0.310 e. The van der Waals surface area contributed by atoms with Gasteiger partial charge in [-0.1, -0.05) is 212 Å². The monoisotopic (exact) mass is 751 g/mol. The van der Waals surface area contributed by atoms with E-state index in [0.717, 1.165) is 28.2 Å². The van der Waals surface area contributed by atoms with E-state index in [-0.39, 0.29) is 0 Å². The summed E-state index contributed by atoms with van der Waals surface area (Å²) < 4.78 is 0. The Morgan fingerprint density at radius 1 is 0.220 bits per heavy atom. The first-order valence-electron chi connectivity index (χ1n) is 20.2. The van der Waals surface area contributed by atoms with Crippen molar-refractivity contribution in [2.45, 2.75) is 0 Å². The van der Waals surface area contributed by atoms with Crippen LogP contribution in [0.5, 0.6) is 0 Å². The molecule has 0 saturated heterocycles. The summed E-state index contributed by atoms with van der Waals surface area (Å²) in [5.41, 5.74) is 17.6. The molecule has 0 amide bonds. The van der Waals surface area contributed by atoms with E-state index in [1.807, 2.05) is 0 Å². The predicted molar refractivity (Wildman–Crippen MR) is 251 cm³/mol. The number of para-hydroxylation sites is 1. The van der Waals surface area contributed by atoms with Crippen LogP contribution in [0.3, 0.4) is 0 Å². The summed E-state index contributed by atoms with van der Waals surface area (Å²) in [7, 11) is 0. The second-order valence-electron chi connectivity index (χ2n) is 14.9. The van der Waals surface area contributed by atoms with Crippen molar-refractivity contribution in [2.24, 2.45) is 0 Å². The second kappa shape index (κ2) is 16.0. The van der Waals surface area contributed by atoms with E-state index in [1.54, 1.807) is 0 Å². The zero-order valence-electron chi connectivity index (χ0n) is 32.6. The van der Waals surface area contributed by atoms with Crippen molar-refractivity contribution in [3.63, 3.8) is 0 Å². The molecule has 0 fully saturated rings. The van der Waals surface area contributed by atoms with Crippen LogP contribution in [-0.4, -0.2) is 0 Å². The highest BCUT2D eigenvalue weighted by Gasteiger charge is 2.18. The number of anilines is 3. The van der Waals surface area contributed by atoms with E-state index in [9.17, 15) is 0 Å². The molecule has 10 aromatic rings. The minimum absolute atomic E-state index is 1.09. The maximum absolute atomic E-state index is 2.40. The number of fused-ring (bicyclic) bond motifs is 1. The van der Waals surface area contributed by atoms with Gasteiger partial charge in [0.1, 0.15) is 0 Å². The molecule has 278 valence electrons. The highest BCUT2D eigenvalue weighted by Crippen LogP contribution is 2.43. The van der Waals surface area contributed by atoms with Crippen molar-refractivity contribution in [1.29, 1.82) is 0 Å². The maximum atomic E-state index is 2.40. The minimum Gasteiger partial charge on any atom is -0.310 e. The molecule has 0 aliphatic carbocycles. The highest BCUT2D eigenvalue weighted by molar-refractivity contribution is 5.97. The molecule has 0 aliphatic heterocycles. The molecule has 0 unspecified atom stereocenters. The van der Waals surface area contributed by atoms with Crippen molar-refractivity contribution in [3.05, 3.63) is 249 Å². The lowest BCUT2D eigenvalue weighted by Gasteiger charge is -2.28. The van der Waals surface area contributed by atoms with Gasteiger partial charge >= 0.3 is 0 Å². The number of nitrogens with zero attached hydrogens (tertiary/aromatic N) is 1. The molecule has 0 heterocycles. The van der Waals surface area contributed by atoms with E-state index in [2.05, 4.69) is 254 Å². The van der Waals surface area contributed by atoms with Crippen LogP contribution in [-0.2, 0) is 0 Å². The van der Waals surface area contributed by atoms with Crippen molar-refractivity contribution in [2.75, 3.05) is 4.90 Å². The first-order valence-corrected chi connectivity index (χ1v) is 20.2. The summed E-state index contributed by atoms with van der Waals surface area (Å²) in [5, 5.41) is 2.51. The zero-order valence-corrected chi connectivity index (χ0v) is 32.6. The van der Waals surface area contributed by atoms with E-state index in [0.29, 0.717) is 0 Å². The van der Waals surface area contributed by atoms with Crippen LogP contribution in [0.4, 0.5) is 17.1 Å². The van der Waals surface area contributed by atoms with Gasteiger partial charge in [0.25, 0.3) is 0 Å². The first-order chi connectivity index (χ1) is 29.2. The molecular weight excluding hydrogens is 711 g/mol. The molecule has 1 heteroatoms. The molecule has 59 heavy (non-hydrogen) atoms. The van der Waals surface area contributed by atoms with Crippen LogP contribution in [0.15, 0.2) is 249 Å². The van der Waals surface area contributed by atoms with Gasteiger partial charge in [-0.15, -0.1) is 0 Å². The molecule has 0 atom stereocenters. The van der Waals surface area contributed by atoms with Gasteiger partial charge < -0.3 is 4.90 Å². The normalized spacial score (nSPS) is 11.1. The molecular formula is C58H41N. The molecule has 10 aromatic carbocycles. The SMILES string of the molecule is c1ccc(-c2ccc(-c3ccc(N(c4cccc(-c5cccc(-c6cccc7ccccc67)c5)c4)c4ccccc4-c4ccc(-c5ccccc5)cc4)cc3)cc2)cc1. The Morgan fingerprint density at radius 3 is 1.31 bits per heavy atom. The standard InChI is InChI=1S/C58H41N/c1-3-14-42(15-4-1)44-28-30-46(31-29-44)47-36-38-53(39-37-47)59(58-27-10-9-25-57(58)49-34-32-45(33-35-49)43-16-5-2-6-17-43)54-23-12-21-51(41-54)50-20-11-22-52(40-50)56-26-13-19-48-18-7-8-24-55(48)56/h1-41H. The number of rotatable bonds is 9. The Kier molecular flexibility index (Phi) is 9.68. The summed E-state index contributed by atoms with van der Waals surface area (Å²) in [6, 6.07) is 89.8. The topological polar surface area (TPSA) is 3.24 Å². The lowest BCUT2D eigenvalue weighted by molar-refractivity contribution is 1.28. The average molecular weight is 752 g/mol. The molecule has 10 rings (SSSR count). The van der Waals surface area contributed by atoms with Gasteiger partial charge in [-0.3, -0.25) is 0 Å². The fourth-order valence-corrected chi connectivity index (χ4v) is 8.27. The fourth-order valence-electron chi connectivity index (χ4n) is 8.27. The molecule has 0 N–H and O–H groups in total. The lowest BCUT2D eigenvalue weighted by atomic mass is 9.95. The minimum atomic E-state index is 1.09. The number of hydrogen-bond acceptors (Lipinski definition) is 1. The van der Waals surface area contributed by atoms with Crippen LogP contribution in [0.1, 0.15) is 0 Å². The quantitative estimate of drug-likeness (QED) is 0.142. The maximum Gasteiger partial charge on any atom is 0.0540 e. The zero-order chi connectivity index (χ0) is 39.4. The molecule has 0 aliphatic rings. The van der Waals surface area contributed by atoms with E-state index in [4.69, 9.17) is 0 Å². The van der Waals surface area contributed by atoms with Crippen molar-refractivity contribution >= 4 is 27.8 Å².